The van der Waals surface area contributed by atoms with Gasteiger partial charge in [0.1, 0.15) is 6.10 Å². The first-order chi connectivity index (χ1) is 10.0. The predicted molar refractivity (Wildman–Crippen MR) is 82.0 cm³/mol. The summed E-state index contributed by atoms with van der Waals surface area (Å²) < 4.78 is 5.45. The molecular weight excluding hydrogens is 284 g/mol. The molecule has 0 aromatic heterocycles. The van der Waals surface area contributed by atoms with Crippen LogP contribution in [0.1, 0.15) is 53.9 Å². The van der Waals surface area contributed by atoms with Crippen LogP contribution in [0.3, 0.4) is 0 Å². The summed E-state index contributed by atoms with van der Waals surface area (Å²) in [6.07, 6.45) is -0.482. The van der Waals surface area contributed by atoms with Gasteiger partial charge in [0, 0.05) is 18.3 Å². The highest BCUT2D eigenvalue weighted by Crippen LogP contribution is 2.57. The van der Waals surface area contributed by atoms with E-state index in [-0.39, 0.29) is 23.7 Å². The van der Waals surface area contributed by atoms with Crippen LogP contribution in [0.5, 0.6) is 0 Å². The molecular formula is C17H30O5. The van der Waals surface area contributed by atoms with E-state index >= 15 is 0 Å². The summed E-state index contributed by atoms with van der Waals surface area (Å²) in [4.78, 5) is 11.4. The van der Waals surface area contributed by atoms with Crippen molar-refractivity contribution in [3.05, 3.63) is 0 Å². The lowest BCUT2D eigenvalue weighted by atomic mass is 9.50. The van der Waals surface area contributed by atoms with Gasteiger partial charge in [-0.05, 0) is 38.0 Å². The molecule has 7 atom stereocenters. The fourth-order valence-corrected chi connectivity index (χ4v) is 4.69. The maximum Gasteiger partial charge on any atom is 0.303 e. The highest BCUT2D eigenvalue weighted by atomic mass is 16.6. The Bertz CT molecular complexity index is 433. The SMILES string of the molecule is CC(=O)O[C@@H]1[C@H](C(C)C)C[C@H]2[C@](C)(O)[C@@H](O)CC[C@]2(C)[C@H]1O. The summed E-state index contributed by atoms with van der Waals surface area (Å²) in [6.45, 7) is 9.03. The number of carbonyl (C=O) groups is 1. The van der Waals surface area contributed by atoms with Gasteiger partial charge < -0.3 is 20.1 Å². The van der Waals surface area contributed by atoms with Gasteiger partial charge in [-0.3, -0.25) is 4.79 Å². The van der Waals surface area contributed by atoms with E-state index in [4.69, 9.17) is 4.74 Å². The number of hydrogen-bond donors (Lipinski definition) is 3. The standard InChI is InChI=1S/C17H30O5/c1-9(2)11-8-12-16(4,7-6-13(19)17(12,5)21)15(20)14(11)22-10(3)18/h9,11-15,19-21H,6-8H2,1-5H3/t11-,12+,13-,14+,15-,16-,17-/m0/s1. The second kappa shape index (κ2) is 5.77. The monoisotopic (exact) mass is 314 g/mol. The van der Waals surface area contributed by atoms with Crippen LogP contribution < -0.4 is 0 Å². The highest BCUT2D eigenvalue weighted by molar-refractivity contribution is 5.66. The van der Waals surface area contributed by atoms with Crippen molar-refractivity contribution < 1.29 is 24.9 Å². The summed E-state index contributed by atoms with van der Waals surface area (Å²) in [6, 6.07) is 0. The molecule has 0 bridgehead atoms. The van der Waals surface area contributed by atoms with E-state index in [1.54, 1.807) is 6.92 Å². The Morgan fingerprint density at radius 2 is 1.86 bits per heavy atom. The summed E-state index contributed by atoms with van der Waals surface area (Å²) >= 11 is 0. The van der Waals surface area contributed by atoms with Crippen molar-refractivity contribution >= 4 is 5.97 Å². The van der Waals surface area contributed by atoms with E-state index in [0.717, 1.165) is 0 Å². The molecule has 0 unspecified atom stereocenters. The van der Waals surface area contributed by atoms with E-state index in [0.29, 0.717) is 19.3 Å². The van der Waals surface area contributed by atoms with Gasteiger partial charge in [-0.15, -0.1) is 0 Å². The number of ether oxygens (including phenoxy) is 1. The molecule has 0 saturated heterocycles. The molecule has 128 valence electrons. The Hall–Kier alpha value is -0.650. The molecule has 0 amide bonds. The fourth-order valence-electron chi connectivity index (χ4n) is 4.69. The minimum atomic E-state index is -1.23. The van der Waals surface area contributed by atoms with Crippen molar-refractivity contribution in [1.29, 1.82) is 0 Å². The summed E-state index contributed by atoms with van der Waals surface area (Å²) in [7, 11) is 0. The number of fused-ring (bicyclic) bond motifs is 1. The smallest absolute Gasteiger partial charge is 0.303 e. The molecule has 0 aliphatic heterocycles. The Balaban J connectivity index is 2.40. The maximum atomic E-state index is 11.4. The molecule has 2 aliphatic rings. The van der Waals surface area contributed by atoms with E-state index in [1.807, 2.05) is 20.8 Å². The number of aliphatic hydroxyl groups is 3. The van der Waals surface area contributed by atoms with Crippen LogP contribution in [-0.4, -0.2) is 45.2 Å². The van der Waals surface area contributed by atoms with Crippen molar-refractivity contribution in [3.63, 3.8) is 0 Å². The Kier molecular flexibility index (Phi) is 4.64. The van der Waals surface area contributed by atoms with Crippen molar-refractivity contribution in [1.82, 2.24) is 0 Å². The molecule has 0 aromatic carbocycles. The second-order valence-corrected chi connectivity index (χ2v) is 8.00. The van der Waals surface area contributed by atoms with Crippen LogP contribution in [0.25, 0.3) is 0 Å². The predicted octanol–water partition coefficient (Wildman–Crippen LogP) is 1.48. The van der Waals surface area contributed by atoms with Crippen LogP contribution >= 0.6 is 0 Å². The lowest BCUT2D eigenvalue weighted by Gasteiger charge is -2.59. The Morgan fingerprint density at radius 3 is 2.36 bits per heavy atom. The van der Waals surface area contributed by atoms with Gasteiger partial charge in [0.25, 0.3) is 0 Å². The van der Waals surface area contributed by atoms with E-state index < -0.39 is 29.3 Å². The minimum Gasteiger partial charge on any atom is -0.459 e. The van der Waals surface area contributed by atoms with Crippen molar-refractivity contribution in [2.75, 3.05) is 0 Å². The molecule has 2 fully saturated rings. The van der Waals surface area contributed by atoms with Crippen LogP contribution in [0.15, 0.2) is 0 Å². The lowest BCUT2D eigenvalue weighted by Crippen LogP contribution is -2.66. The average Bonchev–Trinajstić information content (AvgIpc) is 2.39. The minimum absolute atomic E-state index is 0.0336. The lowest BCUT2D eigenvalue weighted by molar-refractivity contribution is -0.247. The molecule has 2 aliphatic carbocycles. The summed E-state index contributed by atoms with van der Waals surface area (Å²) in [5.41, 5.74) is -1.80. The van der Waals surface area contributed by atoms with E-state index in [9.17, 15) is 20.1 Å². The van der Waals surface area contributed by atoms with Gasteiger partial charge in [0.05, 0.1) is 17.8 Å². The number of esters is 1. The van der Waals surface area contributed by atoms with Gasteiger partial charge >= 0.3 is 5.97 Å². The zero-order valence-electron chi connectivity index (χ0n) is 14.2. The quantitative estimate of drug-likeness (QED) is 0.672. The Morgan fingerprint density at radius 1 is 1.27 bits per heavy atom. The van der Waals surface area contributed by atoms with Crippen LogP contribution in [0, 0.1) is 23.2 Å². The molecule has 2 saturated carbocycles. The first kappa shape index (κ1) is 17.7. The number of aliphatic hydroxyl groups excluding tert-OH is 2. The van der Waals surface area contributed by atoms with Gasteiger partial charge in [-0.25, -0.2) is 0 Å². The zero-order valence-corrected chi connectivity index (χ0v) is 14.2. The first-order valence-corrected chi connectivity index (χ1v) is 8.27. The van der Waals surface area contributed by atoms with Crippen LogP contribution in [-0.2, 0) is 9.53 Å². The van der Waals surface area contributed by atoms with Crippen molar-refractivity contribution in [2.24, 2.45) is 23.2 Å². The maximum absolute atomic E-state index is 11.4. The topological polar surface area (TPSA) is 87.0 Å². The molecule has 2 rings (SSSR count). The molecule has 22 heavy (non-hydrogen) atoms. The van der Waals surface area contributed by atoms with Gasteiger partial charge in [-0.2, -0.15) is 0 Å². The van der Waals surface area contributed by atoms with Gasteiger partial charge in [0.2, 0.25) is 0 Å². The summed E-state index contributed by atoms with van der Waals surface area (Å²) in [5, 5.41) is 32.0. The molecule has 0 heterocycles. The first-order valence-electron chi connectivity index (χ1n) is 8.27. The van der Waals surface area contributed by atoms with E-state index in [2.05, 4.69) is 0 Å². The number of carbonyl (C=O) groups excluding carboxylic acids is 1. The third-order valence-electron chi connectivity index (χ3n) is 6.21. The Labute approximate surface area is 132 Å². The van der Waals surface area contributed by atoms with Crippen molar-refractivity contribution in [3.8, 4) is 0 Å². The van der Waals surface area contributed by atoms with Gasteiger partial charge in [0.15, 0.2) is 0 Å². The van der Waals surface area contributed by atoms with Crippen LogP contribution in [0.4, 0.5) is 0 Å². The molecule has 0 aromatic rings. The van der Waals surface area contributed by atoms with Crippen LogP contribution in [0.2, 0.25) is 0 Å². The average molecular weight is 314 g/mol. The zero-order chi connectivity index (χ0) is 16.9. The largest absolute Gasteiger partial charge is 0.459 e. The molecule has 5 nitrogen and oxygen atoms in total. The summed E-state index contributed by atoms with van der Waals surface area (Å²) in [5.74, 6) is -0.440. The second-order valence-electron chi connectivity index (χ2n) is 8.00. The number of rotatable bonds is 2. The third-order valence-corrected chi connectivity index (χ3v) is 6.21. The fraction of sp³-hybridized carbons (Fsp3) is 0.941. The molecule has 5 heteroatoms. The number of hydrogen-bond acceptors (Lipinski definition) is 5. The normalized spacial score (nSPS) is 48.9. The van der Waals surface area contributed by atoms with Crippen molar-refractivity contribution in [2.45, 2.75) is 77.8 Å². The molecule has 0 spiro atoms. The third kappa shape index (κ3) is 2.68. The molecule has 0 radical (unpaired) electrons. The van der Waals surface area contributed by atoms with E-state index in [1.165, 1.54) is 6.92 Å². The van der Waals surface area contributed by atoms with Gasteiger partial charge in [-0.1, -0.05) is 20.8 Å². The molecule has 3 N–H and O–H groups in total. The highest BCUT2D eigenvalue weighted by Gasteiger charge is 2.61.